The zero-order valence-corrected chi connectivity index (χ0v) is 14.1. The van der Waals surface area contributed by atoms with Gasteiger partial charge in [0.05, 0.1) is 12.6 Å². The fraction of sp³-hybridized carbons (Fsp3) is 0.833. The number of carbonyl (C=O) groups is 1. The number of hydrogen-bond acceptors (Lipinski definition) is 8. The fourth-order valence-electron chi connectivity index (χ4n) is 0.662. The van der Waals surface area contributed by atoms with Crippen molar-refractivity contribution in [2.24, 2.45) is 0 Å². The quantitative estimate of drug-likeness (QED) is 0.312. The average molecular weight is 293 g/mol. The van der Waals surface area contributed by atoms with Gasteiger partial charge in [0.2, 0.25) is 0 Å². The van der Waals surface area contributed by atoms with E-state index in [1.54, 1.807) is 0 Å². The number of hydrogen-bond donors (Lipinski definition) is 5. The van der Waals surface area contributed by atoms with Crippen LogP contribution < -0.4 is 68.9 Å². The minimum atomic E-state index is -2.31. The number of halogens is 1. The van der Waals surface area contributed by atoms with Crippen molar-refractivity contribution in [2.45, 2.75) is 24.4 Å². The second-order valence-corrected chi connectivity index (χ2v) is 2.49. The van der Waals surface area contributed by atoms with Crippen molar-refractivity contribution in [3.8, 4) is 0 Å². The predicted molar refractivity (Wildman–Crippen MR) is 42.0 cm³/mol. The van der Waals surface area contributed by atoms with Gasteiger partial charge in [-0.25, -0.2) is 11.9 Å². The van der Waals surface area contributed by atoms with Crippen molar-refractivity contribution in [1.82, 2.24) is 0 Å². The Morgan fingerprint density at radius 1 is 1.06 bits per heavy atom. The second kappa shape index (κ2) is 15.6. The molecular weight excluding hydrogens is 281 g/mol. The molecule has 92 valence electrons. The molecule has 0 aliphatic carbocycles. The van der Waals surface area contributed by atoms with Gasteiger partial charge in [-0.1, -0.05) is 0 Å². The van der Waals surface area contributed by atoms with Gasteiger partial charge in [0, 0.05) is 0 Å². The van der Waals surface area contributed by atoms with E-state index < -0.39 is 37.0 Å². The van der Waals surface area contributed by atoms with E-state index >= 15 is 0 Å². The number of rotatable bonds is 5. The van der Waals surface area contributed by atoms with Crippen LogP contribution in [0.15, 0.2) is 0 Å². The molecular formula is C6H11ClNa2O8. The maximum atomic E-state index is 9.98. The molecule has 0 rings (SSSR count). The van der Waals surface area contributed by atoms with Crippen LogP contribution in [0.25, 0.3) is 0 Å². The summed E-state index contributed by atoms with van der Waals surface area (Å²) in [6, 6.07) is 0. The summed E-state index contributed by atoms with van der Waals surface area (Å²) in [4.78, 5) is 9.98. The normalized spacial score (nSPS) is 15.9. The molecule has 0 unspecified atom stereocenters. The molecule has 11 heteroatoms. The first-order valence-electron chi connectivity index (χ1n) is 3.61. The zero-order valence-electron chi connectivity index (χ0n) is 9.36. The van der Waals surface area contributed by atoms with Gasteiger partial charge >= 0.3 is 59.1 Å². The third kappa shape index (κ3) is 11.1. The Morgan fingerprint density at radius 3 is 1.65 bits per heavy atom. The molecule has 5 N–H and O–H groups in total. The molecule has 0 fully saturated rings. The van der Waals surface area contributed by atoms with Gasteiger partial charge in [-0.3, -0.25) is 0 Å². The zero-order chi connectivity index (χ0) is 12.6. The first kappa shape index (κ1) is 27.0. The Balaban J connectivity index is -0.000000199. The Labute approximate surface area is 147 Å². The van der Waals surface area contributed by atoms with E-state index in [1.165, 1.54) is 0 Å². The standard InChI is InChI=1S/C6H12O7.ClO.2Na/c7-1-2(8)3(9)4(10)5(11)6(12)13;1-2;;/h2-5,7-11H,1H2,(H,12,13);;;/q;-1;2*+1/p-1/t2-,3-,4+,5-;;;/m1.../s1. The van der Waals surface area contributed by atoms with Gasteiger partial charge in [-0.15, -0.1) is 0 Å². The summed E-state index contributed by atoms with van der Waals surface area (Å²) < 4.78 is 7.72. The van der Waals surface area contributed by atoms with Crippen molar-refractivity contribution < 1.29 is 99.2 Å². The number of aliphatic hydroxyl groups excluding tert-OH is 5. The molecule has 4 atom stereocenters. The molecule has 0 aromatic heterocycles. The van der Waals surface area contributed by atoms with Crippen LogP contribution >= 0.6 is 11.9 Å². The molecule has 0 aromatic carbocycles. The van der Waals surface area contributed by atoms with Crippen LogP contribution in [0.5, 0.6) is 0 Å². The van der Waals surface area contributed by atoms with Crippen molar-refractivity contribution in [3.63, 3.8) is 0 Å². The number of carbonyl (C=O) groups excluding carboxylic acids is 1. The maximum absolute atomic E-state index is 9.98. The smallest absolute Gasteiger partial charge is 0.769 e. The molecule has 0 heterocycles. The van der Waals surface area contributed by atoms with Crippen LogP contribution in [0, 0.1) is 0 Å². The predicted octanol–water partition coefficient (Wildman–Crippen LogP) is -11.3. The molecule has 0 saturated carbocycles. The molecule has 0 bridgehead atoms. The number of aliphatic carboxylic acids is 1. The van der Waals surface area contributed by atoms with Crippen molar-refractivity contribution in [1.29, 1.82) is 0 Å². The number of carboxylic acids is 1. The van der Waals surface area contributed by atoms with E-state index in [4.69, 9.17) is 30.2 Å². The SMILES string of the molecule is O=C([O-])[C@H](O)[C@@H](O)[C@H](O)[C@H](O)CO.[Na+].[Na+].[O-]Cl. The summed E-state index contributed by atoms with van der Waals surface area (Å²) in [5.41, 5.74) is 0. The molecule has 0 aliphatic rings. The molecule has 0 spiro atoms. The van der Waals surface area contributed by atoms with Crippen molar-refractivity contribution in [2.75, 3.05) is 6.61 Å². The second-order valence-electron chi connectivity index (χ2n) is 2.49. The average Bonchev–Trinajstić information content (AvgIpc) is 2.27. The minimum Gasteiger partial charge on any atom is -0.769 e. The van der Waals surface area contributed by atoms with Gasteiger partial charge in [0.25, 0.3) is 0 Å². The van der Waals surface area contributed by atoms with Gasteiger partial charge < -0.3 is 40.1 Å². The Morgan fingerprint density at radius 2 is 1.41 bits per heavy atom. The van der Waals surface area contributed by atoms with Crippen LogP contribution in [0.3, 0.4) is 0 Å². The fourth-order valence-corrected chi connectivity index (χ4v) is 0.662. The molecule has 0 amide bonds. The first-order valence-corrected chi connectivity index (χ1v) is 3.92. The van der Waals surface area contributed by atoms with Crippen LogP contribution in [0.2, 0.25) is 0 Å². The van der Waals surface area contributed by atoms with E-state index in [9.17, 15) is 9.90 Å². The van der Waals surface area contributed by atoms with E-state index in [0.717, 1.165) is 0 Å². The summed E-state index contributed by atoms with van der Waals surface area (Å²) in [6.07, 6.45) is -8.08. The topological polar surface area (TPSA) is 164 Å². The Hall–Kier alpha value is 1.52. The molecule has 0 aliphatic heterocycles. The maximum Gasteiger partial charge on any atom is 1.00 e. The third-order valence-electron chi connectivity index (χ3n) is 1.50. The van der Waals surface area contributed by atoms with E-state index in [0.29, 0.717) is 0 Å². The number of aliphatic hydroxyl groups is 5. The summed E-state index contributed by atoms with van der Waals surface area (Å²) in [6.45, 7) is -0.863. The Bertz CT molecular complexity index is 185. The van der Waals surface area contributed by atoms with Crippen molar-refractivity contribution in [3.05, 3.63) is 0 Å². The van der Waals surface area contributed by atoms with Crippen LogP contribution in [0.1, 0.15) is 0 Å². The first-order chi connectivity index (χ1) is 6.91. The summed E-state index contributed by atoms with van der Waals surface area (Å²) >= 11 is 3.39. The van der Waals surface area contributed by atoms with Crippen LogP contribution in [0.4, 0.5) is 0 Å². The van der Waals surface area contributed by atoms with E-state index in [1.807, 2.05) is 0 Å². The Kier molecular flexibility index (Phi) is 24.7. The summed E-state index contributed by atoms with van der Waals surface area (Å²) in [5.74, 6) is -1.98. The van der Waals surface area contributed by atoms with Gasteiger partial charge in [0.15, 0.2) is 0 Å². The monoisotopic (exact) mass is 292 g/mol. The van der Waals surface area contributed by atoms with E-state index in [2.05, 4.69) is 11.9 Å². The number of carboxylic acid groups (broad SMARTS) is 1. The van der Waals surface area contributed by atoms with Gasteiger partial charge in [-0.2, -0.15) is 0 Å². The molecule has 0 saturated heterocycles. The molecule has 8 nitrogen and oxygen atoms in total. The van der Waals surface area contributed by atoms with Crippen molar-refractivity contribution >= 4 is 17.8 Å². The third-order valence-corrected chi connectivity index (χ3v) is 1.50. The van der Waals surface area contributed by atoms with E-state index in [-0.39, 0.29) is 59.1 Å². The van der Waals surface area contributed by atoms with Crippen LogP contribution in [-0.2, 0) is 4.79 Å². The molecule has 17 heavy (non-hydrogen) atoms. The van der Waals surface area contributed by atoms with Crippen LogP contribution in [-0.4, -0.2) is 62.5 Å². The summed E-state index contributed by atoms with van der Waals surface area (Å²) in [7, 11) is 0. The largest absolute Gasteiger partial charge is 1.00 e. The van der Waals surface area contributed by atoms with Gasteiger partial charge in [0.1, 0.15) is 24.4 Å². The minimum absolute atomic E-state index is 0. The van der Waals surface area contributed by atoms with Gasteiger partial charge in [-0.05, 0) is 0 Å². The molecule has 0 radical (unpaired) electrons. The molecule has 0 aromatic rings. The summed E-state index contributed by atoms with van der Waals surface area (Å²) in [5, 5.41) is 53.4.